The van der Waals surface area contributed by atoms with E-state index in [0.717, 1.165) is 16.6 Å². The number of pyridine rings is 3. The molecule has 0 aliphatic heterocycles. The molecule has 0 spiro atoms. The fourth-order valence-corrected chi connectivity index (χ4v) is 3.31. The van der Waals surface area contributed by atoms with Gasteiger partial charge in [-0.3, -0.25) is 4.98 Å². The van der Waals surface area contributed by atoms with Crippen molar-refractivity contribution in [1.29, 1.82) is 0 Å². The van der Waals surface area contributed by atoms with Crippen molar-refractivity contribution in [1.82, 2.24) is 19.9 Å². The van der Waals surface area contributed by atoms with E-state index < -0.39 is 12.2 Å². The summed E-state index contributed by atoms with van der Waals surface area (Å²) in [4.78, 5) is 15.2. The fraction of sp³-hybridized carbons (Fsp3) is 0.150. The average Bonchev–Trinajstić information content (AvgIpc) is 3.11. The van der Waals surface area contributed by atoms with Crippen LogP contribution in [0, 0.1) is 0 Å². The lowest BCUT2D eigenvalue weighted by Crippen LogP contribution is -2.28. The van der Waals surface area contributed by atoms with Gasteiger partial charge in [-0.1, -0.05) is 23.7 Å². The molecule has 1 atom stereocenters. The molecule has 1 unspecified atom stereocenters. The number of alkyl halides is 3. The van der Waals surface area contributed by atoms with Gasteiger partial charge in [0.05, 0.1) is 0 Å². The highest BCUT2D eigenvalue weighted by Gasteiger charge is 2.41. The maximum atomic E-state index is 13.5. The van der Waals surface area contributed by atoms with E-state index in [-0.39, 0.29) is 16.5 Å². The van der Waals surface area contributed by atoms with Crippen molar-refractivity contribution in [2.24, 2.45) is 0 Å². The molecular weight excluding hydrogens is 403 g/mol. The summed E-state index contributed by atoms with van der Waals surface area (Å²) in [6, 6.07) is 7.81. The molecule has 148 valence electrons. The summed E-state index contributed by atoms with van der Waals surface area (Å²) in [6.45, 7) is 0. The molecule has 4 rings (SSSR count). The second-order valence-corrected chi connectivity index (χ2v) is 6.80. The summed E-state index contributed by atoms with van der Waals surface area (Å²) in [5.41, 5.74) is 2.43. The van der Waals surface area contributed by atoms with Crippen molar-refractivity contribution in [3.05, 3.63) is 83.0 Å². The van der Waals surface area contributed by atoms with E-state index in [2.05, 4.69) is 25.3 Å². The summed E-state index contributed by atoms with van der Waals surface area (Å²) in [6.07, 6.45) is 2.07. The Balaban J connectivity index is 1.58. The minimum absolute atomic E-state index is 0.00621. The quantitative estimate of drug-likeness (QED) is 0.432. The van der Waals surface area contributed by atoms with Gasteiger partial charge in [0.25, 0.3) is 0 Å². The lowest BCUT2D eigenvalue weighted by molar-refractivity contribution is -0.144. The third-order valence-corrected chi connectivity index (χ3v) is 4.81. The fourth-order valence-electron chi connectivity index (χ4n) is 3.09. The van der Waals surface area contributed by atoms with E-state index in [1.54, 1.807) is 12.3 Å². The number of nitrogens with zero attached hydrogens (tertiary/aromatic N) is 3. The van der Waals surface area contributed by atoms with Gasteiger partial charge in [-0.05, 0) is 35.4 Å². The first kappa shape index (κ1) is 19.2. The normalized spacial score (nSPS) is 12.8. The maximum Gasteiger partial charge on any atom is 0.412 e. The first-order valence-electron chi connectivity index (χ1n) is 8.71. The van der Waals surface area contributed by atoms with Crippen LogP contribution in [0.15, 0.2) is 61.2 Å². The molecule has 0 aliphatic rings. The molecule has 4 aromatic rings. The number of hydrogen-bond donors (Lipinski definition) is 2. The second kappa shape index (κ2) is 7.71. The van der Waals surface area contributed by atoms with Gasteiger partial charge in [0.1, 0.15) is 16.6 Å². The van der Waals surface area contributed by atoms with Crippen LogP contribution in [0.3, 0.4) is 0 Å². The molecule has 9 heteroatoms. The maximum absolute atomic E-state index is 13.5. The van der Waals surface area contributed by atoms with Crippen molar-refractivity contribution in [2.75, 3.05) is 5.32 Å². The number of fused-ring (bicyclic) bond motifs is 1. The highest BCUT2D eigenvalue weighted by Crippen LogP contribution is 2.35. The van der Waals surface area contributed by atoms with Crippen molar-refractivity contribution in [3.63, 3.8) is 0 Å². The first-order valence-corrected chi connectivity index (χ1v) is 9.09. The molecule has 4 aromatic heterocycles. The number of aromatic nitrogens is 4. The van der Waals surface area contributed by atoms with Crippen molar-refractivity contribution in [3.8, 4) is 0 Å². The zero-order valence-corrected chi connectivity index (χ0v) is 15.7. The third kappa shape index (κ3) is 4.17. The minimum atomic E-state index is -4.52. The standard InChI is InChI=1S/C20H15ClF3N5/c21-18-12(9-14-11-27-19-15(14)4-2-8-26-19)5-6-16(29-18)28-17(20(22,23)24)13-3-1-7-25-10-13/h1-8,10-11,17H,9H2,(H,26,27)(H,28,29). The SMILES string of the molecule is FC(F)(F)C(Nc1ccc(Cc2c[nH]c3ncccc23)c(Cl)n1)c1cccnc1. The van der Waals surface area contributed by atoms with Crippen molar-refractivity contribution >= 4 is 28.5 Å². The Bertz CT molecular complexity index is 1130. The molecule has 0 amide bonds. The highest BCUT2D eigenvalue weighted by atomic mass is 35.5. The average molecular weight is 418 g/mol. The smallest absolute Gasteiger partial charge is 0.355 e. The summed E-state index contributed by atoms with van der Waals surface area (Å²) in [5.74, 6) is 0.0329. The molecular formula is C20H15ClF3N5. The Hall–Kier alpha value is -3.13. The largest absolute Gasteiger partial charge is 0.412 e. The molecule has 0 saturated heterocycles. The first-order chi connectivity index (χ1) is 13.9. The zero-order chi connectivity index (χ0) is 20.4. The van der Waals surface area contributed by atoms with Crippen LogP contribution >= 0.6 is 11.6 Å². The van der Waals surface area contributed by atoms with E-state index in [4.69, 9.17) is 11.6 Å². The van der Waals surface area contributed by atoms with Gasteiger partial charge in [0.15, 0.2) is 6.04 Å². The molecule has 0 fully saturated rings. The molecule has 4 heterocycles. The van der Waals surface area contributed by atoms with Gasteiger partial charge >= 0.3 is 6.18 Å². The topological polar surface area (TPSA) is 66.5 Å². The van der Waals surface area contributed by atoms with E-state index in [0.29, 0.717) is 12.0 Å². The van der Waals surface area contributed by atoms with Crippen LogP contribution in [0.25, 0.3) is 11.0 Å². The van der Waals surface area contributed by atoms with Crippen LogP contribution < -0.4 is 5.32 Å². The van der Waals surface area contributed by atoms with Gasteiger partial charge in [0, 0.05) is 42.2 Å². The van der Waals surface area contributed by atoms with Crippen molar-refractivity contribution < 1.29 is 13.2 Å². The number of rotatable bonds is 5. The number of nitrogens with one attached hydrogen (secondary N) is 2. The van der Waals surface area contributed by atoms with Crippen molar-refractivity contribution in [2.45, 2.75) is 18.6 Å². The summed E-state index contributed by atoms with van der Waals surface area (Å²) in [7, 11) is 0. The predicted octanol–water partition coefficient (Wildman–Crippen LogP) is 5.31. The number of halogens is 4. The molecule has 0 aliphatic carbocycles. The van der Waals surface area contributed by atoms with Gasteiger partial charge in [-0.15, -0.1) is 0 Å². The molecule has 0 radical (unpaired) electrons. The van der Waals surface area contributed by atoms with E-state index in [1.165, 1.54) is 30.6 Å². The van der Waals surface area contributed by atoms with Crippen LogP contribution in [0.4, 0.5) is 19.0 Å². The number of hydrogen-bond acceptors (Lipinski definition) is 4. The molecule has 29 heavy (non-hydrogen) atoms. The minimum Gasteiger partial charge on any atom is -0.355 e. The molecule has 0 bridgehead atoms. The molecule has 0 saturated carbocycles. The second-order valence-electron chi connectivity index (χ2n) is 6.44. The number of anilines is 1. The Morgan fingerprint density at radius 1 is 1.07 bits per heavy atom. The Labute approximate surface area is 169 Å². The monoisotopic (exact) mass is 417 g/mol. The van der Waals surface area contributed by atoms with Crippen LogP contribution in [-0.2, 0) is 6.42 Å². The Morgan fingerprint density at radius 2 is 1.90 bits per heavy atom. The lowest BCUT2D eigenvalue weighted by atomic mass is 10.1. The van der Waals surface area contributed by atoms with Crippen LogP contribution in [0.1, 0.15) is 22.7 Å². The lowest BCUT2D eigenvalue weighted by Gasteiger charge is -2.22. The summed E-state index contributed by atoms with van der Waals surface area (Å²) < 4.78 is 40.5. The summed E-state index contributed by atoms with van der Waals surface area (Å²) >= 11 is 6.27. The Kier molecular flexibility index (Phi) is 5.10. The van der Waals surface area contributed by atoms with E-state index in [1.807, 2.05) is 18.3 Å². The van der Waals surface area contributed by atoms with E-state index in [9.17, 15) is 13.2 Å². The Morgan fingerprint density at radius 3 is 2.62 bits per heavy atom. The zero-order valence-electron chi connectivity index (χ0n) is 14.9. The van der Waals surface area contributed by atoms with Gasteiger partial charge in [0.2, 0.25) is 0 Å². The van der Waals surface area contributed by atoms with Crippen LogP contribution in [0.5, 0.6) is 0 Å². The van der Waals surface area contributed by atoms with Crippen LogP contribution in [-0.4, -0.2) is 26.1 Å². The van der Waals surface area contributed by atoms with Gasteiger partial charge in [-0.25, -0.2) is 9.97 Å². The molecule has 5 nitrogen and oxygen atoms in total. The van der Waals surface area contributed by atoms with Crippen LogP contribution in [0.2, 0.25) is 5.15 Å². The number of aromatic amines is 1. The predicted molar refractivity (Wildman–Crippen MR) is 105 cm³/mol. The van der Waals surface area contributed by atoms with Gasteiger partial charge < -0.3 is 10.3 Å². The number of H-pyrrole nitrogens is 1. The molecule has 0 aromatic carbocycles. The van der Waals surface area contributed by atoms with Gasteiger partial charge in [-0.2, -0.15) is 13.2 Å². The third-order valence-electron chi connectivity index (χ3n) is 4.48. The highest BCUT2D eigenvalue weighted by molar-refractivity contribution is 6.30. The summed E-state index contributed by atoms with van der Waals surface area (Å²) in [5, 5.41) is 3.51. The van der Waals surface area contributed by atoms with E-state index >= 15 is 0 Å². The molecule has 2 N–H and O–H groups in total.